The van der Waals surface area contributed by atoms with Gasteiger partial charge in [0.2, 0.25) is 0 Å². The van der Waals surface area contributed by atoms with E-state index in [2.05, 4.69) is 25.9 Å². The van der Waals surface area contributed by atoms with Crippen molar-refractivity contribution in [2.75, 3.05) is 27.7 Å². The van der Waals surface area contributed by atoms with E-state index in [-0.39, 0.29) is 6.10 Å². The molecule has 0 aliphatic heterocycles. The summed E-state index contributed by atoms with van der Waals surface area (Å²) in [7, 11) is 5.89. The van der Waals surface area contributed by atoms with Gasteiger partial charge in [-0.3, -0.25) is 0 Å². The van der Waals surface area contributed by atoms with Crippen LogP contribution in [0.15, 0.2) is 18.2 Å². The van der Waals surface area contributed by atoms with Crippen molar-refractivity contribution in [3.05, 3.63) is 33.8 Å². The van der Waals surface area contributed by atoms with Crippen LogP contribution in [0.2, 0.25) is 10.0 Å². The van der Waals surface area contributed by atoms with Crippen LogP contribution in [0, 0.1) is 0 Å². The predicted octanol–water partition coefficient (Wildman–Crippen LogP) is 4.06. The topological polar surface area (TPSA) is 12.5 Å². The van der Waals surface area contributed by atoms with E-state index in [1.165, 1.54) is 5.56 Å². The van der Waals surface area contributed by atoms with Crippen LogP contribution in [-0.4, -0.2) is 38.8 Å². The highest BCUT2D eigenvalue weighted by atomic mass is 35.5. The SMILES string of the molecule is COC(C)C(CCN(C)C)c1ccc(Cl)c(Cl)c1. The predicted molar refractivity (Wildman–Crippen MR) is 78.8 cm³/mol. The molecule has 2 nitrogen and oxygen atoms in total. The summed E-state index contributed by atoms with van der Waals surface area (Å²) >= 11 is 12.0. The number of hydrogen-bond donors (Lipinski definition) is 0. The van der Waals surface area contributed by atoms with Crippen molar-refractivity contribution < 1.29 is 4.74 Å². The van der Waals surface area contributed by atoms with E-state index < -0.39 is 0 Å². The van der Waals surface area contributed by atoms with Crippen molar-refractivity contribution in [3.8, 4) is 0 Å². The lowest BCUT2D eigenvalue weighted by molar-refractivity contribution is 0.0885. The third-order valence-corrected chi connectivity index (χ3v) is 3.94. The number of ether oxygens (including phenoxy) is 1. The first-order valence-electron chi connectivity index (χ1n) is 6.08. The first-order chi connectivity index (χ1) is 8.45. The summed E-state index contributed by atoms with van der Waals surface area (Å²) in [6.07, 6.45) is 1.18. The molecule has 0 aliphatic carbocycles. The van der Waals surface area contributed by atoms with E-state index in [0.717, 1.165) is 13.0 Å². The van der Waals surface area contributed by atoms with Crippen LogP contribution in [-0.2, 0) is 4.74 Å². The van der Waals surface area contributed by atoms with Gasteiger partial charge < -0.3 is 9.64 Å². The first-order valence-corrected chi connectivity index (χ1v) is 6.83. The molecule has 2 unspecified atom stereocenters. The summed E-state index contributed by atoms with van der Waals surface area (Å²) in [5, 5.41) is 1.20. The number of rotatable bonds is 6. The average Bonchev–Trinajstić information content (AvgIpc) is 2.33. The molecule has 0 N–H and O–H groups in total. The van der Waals surface area contributed by atoms with Crippen molar-refractivity contribution in [2.45, 2.75) is 25.4 Å². The van der Waals surface area contributed by atoms with E-state index in [1.54, 1.807) is 7.11 Å². The molecule has 0 saturated heterocycles. The van der Waals surface area contributed by atoms with Crippen molar-refractivity contribution >= 4 is 23.2 Å². The van der Waals surface area contributed by atoms with Gasteiger partial charge in [-0.05, 0) is 51.7 Å². The van der Waals surface area contributed by atoms with Gasteiger partial charge in [0.25, 0.3) is 0 Å². The van der Waals surface area contributed by atoms with Crippen LogP contribution in [0.5, 0.6) is 0 Å². The van der Waals surface area contributed by atoms with Gasteiger partial charge in [0, 0.05) is 13.0 Å². The van der Waals surface area contributed by atoms with Gasteiger partial charge in [-0.2, -0.15) is 0 Å². The first kappa shape index (κ1) is 15.8. The van der Waals surface area contributed by atoms with Crippen molar-refractivity contribution in [3.63, 3.8) is 0 Å². The van der Waals surface area contributed by atoms with Crippen molar-refractivity contribution in [2.24, 2.45) is 0 Å². The molecule has 0 fully saturated rings. The lowest BCUT2D eigenvalue weighted by Crippen LogP contribution is -2.23. The zero-order valence-electron chi connectivity index (χ0n) is 11.4. The molecule has 102 valence electrons. The third kappa shape index (κ3) is 4.43. The molecular formula is C14H21Cl2NO. The minimum Gasteiger partial charge on any atom is -0.381 e. The molecule has 0 aliphatic rings. The van der Waals surface area contributed by atoms with Crippen LogP contribution in [0.1, 0.15) is 24.8 Å². The van der Waals surface area contributed by atoms with E-state index in [4.69, 9.17) is 27.9 Å². The normalized spacial score (nSPS) is 14.8. The summed E-state index contributed by atoms with van der Waals surface area (Å²) in [4.78, 5) is 2.17. The Balaban J connectivity index is 2.90. The minimum absolute atomic E-state index is 0.155. The highest BCUT2D eigenvalue weighted by molar-refractivity contribution is 6.42. The molecule has 1 aromatic carbocycles. The fourth-order valence-corrected chi connectivity index (χ4v) is 2.28. The van der Waals surface area contributed by atoms with E-state index >= 15 is 0 Å². The van der Waals surface area contributed by atoms with Crippen LogP contribution < -0.4 is 0 Å². The number of benzene rings is 1. The number of methoxy groups -OCH3 is 1. The van der Waals surface area contributed by atoms with Gasteiger partial charge in [-0.25, -0.2) is 0 Å². The minimum atomic E-state index is 0.155. The zero-order chi connectivity index (χ0) is 13.7. The van der Waals surface area contributed by atoms with Gasteiger partial charge in [-0.15, -0.1) is 0 Å². The Labute approximate surface area is 120 Å². The Bertz CT molecular complexity index is 382. The molecular weight excluding hydrogens is 269 g/mol. The molecule has 0 aromatic heterocycles. The highest BCUT2D eigenvalue weighted by Crippen LogP contribution is 2.30. The second kappa shape index (κ2) is 7.34. The quantitative estimate of drug-likeness (QED) is 0.783. The molecule has 1 aromatic rings. The van der Waals surface area contributed by atoms with E-state index in [0.29, 0.717) is 16.0 Å². The molecule has 0 saturated carbocycles. The van der Waals surface area contributed by atoms with Crippen molar-refractivity contribution in [1.82, 2.24) is 4.90 Å². The Morgan fingerprint density at radius 2 is 1.89 bits per heavy atom. The fourth-order valence-electron chi connectivity index (χ4n) is 1.98. The lowest BCUT2D eigenvalue weighted by atomic mass is 9.91. The summed E-state index contributed by atoms with van der Waals surface area (Å²) in [5.74, 6) is 0.326. The molecule has 1 rings (SSSR count). The second-order valence-electron chi connectivity index (χ2n) is 4.81. The molecule has 2 atom stereocenters. The van der Waals surface area contributed by atoms with Gasteiger partial charge in [0.15, 0.2) is 0 Å². The monoisotopic (exact) mass is 289 g/mol. The van der Waals surface area contributed by atoms with Crippen LogP contribution in [0.4, 0.5) is 0 Å². The smallest absolute Gasteiger partial charge is 0.0612 e. The maximum atomic E-state index is 6.09. The van der Waals surface area contributed by atoms with Crippen LogP contribution >= 0.6 is 23.2 Å². The molecule has 0 amide bonds. The summed E-state index contributed by atoms with van der Waals surface area (Å²) in [5.41, 5.74) is 1.18. The van der Waals surface area contributed by atoms with Crippen LogP contribution in [0.3, 0.4) is 0 Å². The summed E-state index contributed by atoms with van der Waals surface area (Å²) < 4.78 is 5.47. The Morgan fingerprint density at radius 1 is 1.22 bits per heavy atom. The Morgan fingerprint density at radius 3 is 2.39 bits per heavy atom. The number of halogens is 2. The van der Waals surface area contributed by atoms with E-state index in [9.17, 15) is 0 Å². The van der Waals surface area contributed by atoms with E-state index in [1.807, 2.05) is 18.2 Å². The fraction of sp³-hybridized carbons (Fsp3) is 0.571. The highest BCUT2D eigenvalue weighted by Gasteiger charge is 2.20. The summed E-state index contributed by atoms with van der Waals surface area (Å²) in [6.45, 7) is 3.10. The molecule has 0 bridgehead atoms. The maximum Gasteiger partial charge on any atom is 0.0612 e. The van der Waals surface area contributed by atoms with Crippen LogP contribution in [0.25, 0.3) is 0 Å². The Kier molecular flexibility index (Phi) is 6.44. The largest absolute Gasteiger partial charge is 0.381 e. The van der Waals surface area contributed by atoms with Gasteiger partial charge in [0.05, 0.1) is 16.1 Å². The standard InChI is InChI=1S/C14H21Cl2NO/c1-10(18-4)12(7-8-17(2)3)11-5-6-13(15)14(16)9-11/h5-6,9-10,12H,7-8H2,1-4H3. The maximum absolute atomic E-state index is 6.09. The Hall–Kier alpha value is -0.280. The zero-order valence-corrected chi connectivity index (χ0v) is 12.9. The lowest BCUT2D eigenvalue weighted by Gasteiger charge is -2.25. The van der Waals surface area contributed by atoms with Gasteiger partial charge in [-0.1, -0.05) is 29.3 Å². The average molecular weight is 290 g/mol. The molecule has 4 heteroatoms. The molecule has 18 heavy (non-hydrogen) atoms. The number of hydrogen-bond acceptors (Lipinski definition) is 2. The third-order valence-electron chi connectivity index (χ3n) is 3.20. The summed E-state index contributed by atoms with van der Waals surface area (Å²) in [6, 6.07) is 5.83. The van der Waals surface area contributed by atoms with Crippen molar-refractivity contribution in [1.29, 1.82) is 0 Å². The molecule has 0 radical (unpaired) electrons. The molecule has 0 spiro atoms. The molecule has 0 heterocycles. The number of nitrogens with zero attached hydrogens (tertiary/aromatic N) is 1. The van der Waals surface area contributed by atoms with Gasteiger partial charge >= 0.3 is 0 Å². The second-order valence-corrected chi connectivity index (χ2v) is 5.63. The van der Waals surface area contributed by atoms with Gasteiger partial charge in [0.1, 0.15) is 0 Å².